The van der Waals surface area contributed by atoms with Gasteiger partial charge >= 0.3 is 0 Å². The summed E-state index contributed by atoms with van der Waals surface area (Å²) < 4.78 is 5.29. The molecule has 0 aliphatic heterocycles. The Bertz CT molecular complexity index is 723. The van der Waals surface area contributed by atoms with Crippen LogP contribution in [0.5, 0.6) is 5.75 Å². The van der Waals surface area contributed by atoms with Gasteiger partial charge in [-0.05, 0) is 31.2 Å². The van der Waals surface area contributed by atoms with Crippen LogP contribution in [0, 0.1) is 0 Å². The molecule has 3 aromatic carbocycles. The van der Waals surface area contributed by atoms with Gasteiger partial charge in [-0.25, -0.2) is 0 Å². The number of nitrogens with one attached hydrogen (secondary N) is 1. The summed E-state index contributed by atoms with van der Waals surface area (Å²) in [7, 11) is 1.70. The average molecular weight is 304 g/mol. The van der Waals surface area contributed by atoms with E-state index < -0.39 is 0 Å². The molecule has 1 N–H and O–H groups in total. The molecule has 0 saturated heterocycles. The lowest BCUT2D eigenvalue weighted by molar-refractivity contribution is -0.795. The van der Waals surface area contributed by atoms with Gasteiger partial charge in [0.2, 0.25) is 0 Å². The van der Waals surface area contributed by atoms with Crippen LogP contribution in [-0.4, -0.2) is 7.11 Å². The van der Waals surface area contributed by atoms with Crippen molar-refractivity contribution in [1.29, 1.82) is 0 Å². The molecule has 0 heterocycles. The molecule has 0 aliphatic rings. The maximum Gasteiger partial charge on any atom is 0.137 e. The molecule has 3 rings (SSSR count). The van der Waals surface area contributed by atoms with Crippen molar-refractivity contribution in [2.75, 3.05) is 7.11 Å². The van der Waals surface area contributed by atoms with Crippen LogP contribution in [0.3, 0.4) is 0 Å². The van der Waals surface area contributed by atoms with E-state index in [0.29, 0.717) is 6.04 Å². The van der Waals surface area contributed by atoms with Gasteiger partial charge in [-0.2, -0.15) is 0 Å². The quantitative estimate of drug-likeness (QED) is 0.742. The van der Waals surface area contributed by atoms with Crippen LogP contribution in [0.4, 0.5) is 11.4 Å². The Labute approximate surface area is 138 Å². The maximum atomic E-state index is 5.29. The molecule has 0 amide bonds. The van der Waals surface area contributed by atoms with Gasteiger partial charge in [0.1, 0.15) is 23.2 Å². The Morgan fingerprint density at radius 3 is 1.78 bits per heavy atom. The second kappa shape index (κ2) is 7.12. The van der Waals surface area contributed by atoms with Crippen molar-refractivity contribution in [1.82, 2.24) is 0 Å². The molecular formula is C21H22NO+. The van der Waals surface area contributed by atoms with Crippen molar-refractivity contribution in [3.8, 4) is 5.75 Å². The Kier molecular flexibility index (Phi) is 4.74. The summed E-state index contributed by atoms with van der Waals surface area (Å²) in [6, 6.07) is 29.9. The van der Waals surface area contributed by atoms with Gasteiger partial charge in [-0.15, -0.1) is 0 Å². The number of hydrogen-bond donors (Lipinski definition) is 1. The van der Waals surface area contributed by atoms with Gasteiger partial charge < -0.3 is 4.74 Å². The third-order valence-electron chi connectivity index (χ3n) is 4.22. The fourth-order valence-corrected chi connectivity index (χ4v) is 2.96. The normalized spacial score (nSPS) is 13.3. The number of benzene rings is 3. The first-order valence-corrected chi connectivity index (χ1v) is 7.91. The minimum absolute atomic E-state index is 0.312. The first kappa shape index (κ1) is 15.3. The van der Waals surface area contributed by atoms with Crippen molar-refractivity contribution in [3.63, 3.8) is 0 Å². The summed E-state index contributed by atoms with van der Waals surface area (Å²) in [5.74, 6) is 0.883. The van der Waals surface area contributed by atoms with Gasteiger partial charge in [0.15, 0.2) is 0 Å². The number of para-hydroxylation sites is 1. The highest BCUT2D eigenvalue weighted by Gasteiger charge is 2.24. The minimum Gasteiger partial charge on any atom is -0.497 e. The summed E-state index contributed by atoms with van der Waals surface area (Å²) in [6.45, 7) is 2.27. The molecule has 2 atom stereocenters. The van der Waals surface area contributed by atoms with E-state index in [0.717, 1.165) is 5.75 Å². The molecule has 0 bridgehead atoms. The lowest BCUT2D eigenvalue weighted by Crippen LogP contribution is -3.02. The number of methoxy groups -OCH3 is 1. The standard InChI is InChI=1S/C21H21NO/c1-17(18-9-5-3-6-10-18)22(19-11-7-4-8-12-19)20-13-15-21(23-2)16-14-20/h3-17H,1-2H3/p+1. The van der Waals surface area contributed by atoms with Crippen LogP contribution in [0.25, 0.3) is 0 Å². The maximum absolute atomic E-state index is 5.29. The topological polar surface area (TPSA) is 13.7 Å². The van der Waals surface area contributed by atoms with Crippen LogP contribution in [-0.2, 0) is 0 Å². The molecule has 0 spiro atoms. The minimum atomic E-state index is 0.312. The molecule has 2 heteroatoms. The molecule has 0 fully saturated rings. The highest BCUT2D eigenvalue weighted by atomic mass is 16.5. The SMILES string of the molecule is COc1ccc([NH+](c2ccccc2)C(C)c2ccccc2)cc1. The van der Waals surface area contributed by atoms with E-state index in [1.807, 2.05) is 12.1 Å². The largest absolute Gasteiger partial charge is 0.497 e. The lowest BCUT2D eigenvalue weighted by Gasteiger charge is -2.26. The predicted molar refractivity (Wildman–Crippen MR) is 94.6 cm³/mol. The fraction of sp³-hybridized carbons (Fsp3) is 0.143. The van der Waals surface area contributed by atoms with Crippen LogP contribution >= 0.6 is 0 Å². The molecule has 116 valence electrons. The van der Waals surface area contributed by atoms with Crippen molar-refractivity contribution in [3.05, 3.63) is 90.5 Å². The monoisotopic (exact) mass is 304 g/mol. The second-order valence-corrected chi connectivity index (χ2v) is 5.64. The van der Waals surface area contributed by atoms with E-state index in [1.165, 1.54) is 21.8 Å². The van der Waals surface area contributed by atoms with Crippen molar-refractivity contribution < 1.29 is 9.64 Å². The van der Waals surface area contributed by atoms with E-state index >= 15 is 0 Å². The number of quaternary nitrogens is 1. The summed E-state index contributed by atoms with van der Waals surface area (Å²) in [5.41, 5.74) is 3.81. The molecule has 2 nitrogen and oxygen atoms in total. The van der Waals surface area contributed by atoms with Crippen LogP contribution in [0.2, 0.25) is 0 Å². The summed E-state index contributed by atoms with van der Waals surface area (Å²) in [4.78, 5) is 1.33. The Morgan fingerprint density at radius 2 is 1.22 bits per heavy atom. The second-order valence-electron chi connectivity index (χ2n) is 5.64. The van der Waals surface area contributed by atoms with Crippen LogP contribution in [0.15, 0.2) is 84.9 Å². The van der Waals surface area contributed by atoms with Gasteiger partial charge in [0.25, 0.3) is 0 Å². The first-order valence-electron chi connectivity index (χ1n) is 7.91. The Morgan fingerprint density at radius 1 is 0.696 bits per heavy atom. The molecule has 0 saturated carbocycles. The van der Waals surface area contributed by atoms with Crippen molar-refractivity contribution in [2.45, 2.75) is 13.0 Å². The molecule has 23 heavy (non-hydrogen) atoms. The molecule has 2 unspecified atom stereocenters. The van der Waals surface area contributed by atoms with Crippen LogP contribution in [0.1, 0.15) is 18.5 Å². The first-order chi connectivity index (χ1) is 11.3. The Balaban J connectivity index is 2.03. The van der Waals surface area contributed by atoms with E-state index in [2.05, 4.69) is 79.7 Å². The molecule has 0 radical (unpaired) electrons. The highest BCUT2D eigenvalue weighted by molar-refractivity contribution is 5.41. The molecule has 3 aromatic rings. The van der Waals surface area contributed by atoms with Crippen LogP contribution < -0.4 is 9.64 Å². The smallest absolute Gasteiger partial charge is 0.137 e. The highest BCUT2D eigenvalue weighted by Crippen LogP contribution is 2.19. The lowest BCUT2D eigenvalue weighted by atomic mass is 10.0. The zero-order valence-electron chi connectivity index (χ0n) is 13.6. The predicted octanol–water partition coefficient (Wildman–Crippen LogP) is 4.30. The summed E-state index contributed by atoms with van der Waals surface area (Å²) in [6.07, 6.45) is 0. The van der Waals surface area contributed by atoms with Gasteiger partial charge in [0.05, 0.1) is 7.11 Å². The molecule has 0 aliphatic carbocycles. The number of ether oxygens (including phenoxy) is 1. The fourth-order valence-electron chi connectivity index (χ4n) is 2.96. The zero-order valence-corrected chi connectivity index (χ0v) is 13.6. The molecule has 0 aromatic heterocycles. The molecular weight excluding hydrogens is 282 g/mol. The van der Waals surface area contributed by atoms with E-state index in [-0.39, 0.29) is 0 Å². The third-order valence-corrected chi connectivity index (χ3v) is 4.22. The summed E-state index contributed by atoms with van der Waals surface area (Å²) >= 11 is 0. The van der Waals surface area contributed by atoms with E-state index in [1.54, 1.807) is 7.11 Å². The summed E-state index contributed by atoms with van der Waals surface area (Å²) in [5, 5.41) is 0. The van der Waals surface area contributed by atoms with Crippen molar-refractivity contribution in [2.24, 2.45) is 0 Å². The van der Waals surface area contributed by atoms with E-state index in [4.69, 9.17) is 4.74 Å². The van der Waals surface area contributed by atoms with Gasteiger partial charge in [-0.1, -0.05) is 48.5 Å². The van der Waals surface area contributed by atoms with E-state index in [9.17, 15) is 0 Å². The van der Waals surface area contributed by atoms with Gasteiger partial charge in [0, 0.05) is 17.7 Å². The third kappa shape index (κ3) is 3.43. The number of rotatable bonds is 5. The van der Waals surface area contributed by atoms with Crippen molar-refractivity contribution >= 4 is 11.4 Å². The number of hydrogen-bond acceptors (Lipinski definition) is 1. The Hall–Kier alpha value is -2.58. The average Bonchev–Trinajstić information content (AvgIpc) is 2.64. The zero-order chi connectivity index (χ0) is 16.1. The van der Waals surface area contributed by atoms with Gasteiger partial charge in [-0.3, -0.25) is 4.90 Å².